The monoisotopic (exact) mass is 306 g/mol. The minimum Gasteiger partial charge on any atom is -0.0616 e. The van der Waals surface area contributed by atoms with Crippen LogP contribution in [0.3, 0.4) is 0 Å². The fourth-order valence-corrected chi connectivity index (χ4v) is 4.14. The molecule has 5 aromatic rings. The molecular weight excluding hydrogens is 288 g/mol. The number of rotatable bonds is 0. The Morgan fingerprint density at radius 2 is 0.875 bits per heavy atom. The molecule has 0 saturated heterocycles. The first-order valence-electron chi connectivity index (χ1n) is 8.47. The van der Waals surface area contributed by atoms with Crippen LogP contribution in [0.2, 0.25) is 0 Å². The lowest BCUT2D eigenvalue weighted by atomic mass is 9.89. The fourth-order valence-electron chi connectivity index (χ4n) is 4.14. The Balaban J connectivity index is 2.23. The van der Waals surface area contributed by atoms with Gasteiger partial charge in [0.1, 0.15) is 0 Å². The first kappa shape index (κ1) is 13.6. The van der Waals surface area contributed by atoms with Crippen LogP contribution < -0.4 is 0 Å². The molecule has 0 radical (unpaired) electrons. The van der Waals surface area contributed by atoms with E-state index >= 15 is 0 Å². The number of hydrogen-bond acceptors (Lipinski definition) is 0. The molecule has 24 heavy (non-hydrogen) atoms. The van der Waals surface area contributed by atoms with Crippen molar-refractivity contribution >= 4 is 43.1 Å². The van der Waals surface area contributed by atoms with Gasteiger partial charge in [0.05, 0.1) is 0 Å². The summed E-state index contributed by atoms with van der Waals surface area (Å²) in [5.74, 6) is 0. The summed E-state index contributed by atoms with van der Waals surface area (Å²) in [6.45, 7) is 4.44. The number of hydrogen-bond donors (Lipinski definition) is 0. The molecule has 0 heteroatoms. The highest BCUT2D eigenvalue weighted by atomic mass is 14.1. The van der Waals surface area contributed by atoms with E-state index in [0.29, 0.717) is 0 Å². The molecule has 0 nitrogen and oxygen atoms in total. The fraction of sp³-hybridized carbons (Fsp3) is 0.0833. The van der Waals surface area contributed by atoms with Gasteiger partial charge in [-0.15, -0.1) is 0 Å². The van der Waals surface area contributed by atoms with Gasteiger partial charge in [0.15, 0.2) is 0 Å². The van der Waals surface area contributed by atoms with Crippen LogP contribution in [-0.2, 0) is 0 Å². The van der Waals surface area contributed by atoms with Crippen molar-refractivity contribution in [1.29, 1.82) is 0 Å². The number of aryl methyl sites for hydroxylation is 2. The van der Waals surface area contributed by atoms with Crippen molar-refractivity contribution in [3.8, 4) is 0 Å². The Labute approximate surface area is 141 Å². The van der Waals surface area contributed by atoms with Crippen LogP contribution in [0.1, 0.15) is 11.1 Å². The van der Waals surface area contributed by atoms with E-state index in [1.165, 1.54) is 54.2 Å². The quantitative estimate of drug-likeness (QED) is 0.272. The van der Waals surface area contributed by atoms with Crippen molar-refractivity contribution in [2.45, 2.75) is 13.8 Å². The van der Waals surface area contributed by atoms with Gasteiger partial charge in [-0.2, -0.15) is 0 Å². The normalized spacial score (nSPS) is 11.8. The van der Waals surface area contributed by atoms with Crippen molar-refractivity contribution in [3.63, 3.8) is 0 Å². The van der Waals surface area contributed by atoms with E-state index in [9.17, 15) is 0 Å². The molecule has 0 amide bonds. The average Bonchev–Trinajstić information content (AvgIpc) is 2.61. The Morgan fingerprint density at radius 1 is 0.458 bits per heavy atom. The van der Waals surface area contributed by atoms with E-state index in [-0.39, 0.29) is 0 Å². The molecular formula is C24H18. The molecule has 114 valence electrons. The van der Waals surface area contributed by atoms with Gasteiger partial charge in [0.2, 0.25) is 0 Å². The summed E-state index contributed by atoms with van der Waals surface area (Å²) in [6.07, 6.45) is 0. The SMILES string of the molecule is Cc1cc2ccccc2c2c1ccc1c(C)cc3ccccc3c12. The van der Waals surface area contributed by atoms with E-state index in [1.807, 2.05) is 0 Å². The summed E-state index contributed by atoms with van der Waals surface area (Å²) in [5, 5.41) is 10.8. The van der Waals surface area contributed by atoms with E-state index in [4.69, 9.17) is 0 Å². The van der Waals surface area contributed by atoms with Crippen molar-refractivity contribution in [2.75, 3.05) is 0 Å². The molecule has 0 bridgehead atoms. The van der Waals surface area contributed by atoms with Crippen LogP contribution in [0.5, 0.6) is 0 Å². The van der Waals surface area contributed by atoms with Crippen molar-refractivity contribution in [1.82, 2.24) is 0 Å². The molecule has 0 aliphatic carbocycles. The van der Waals surface area contributed by atoms with Crippen LogP contribution in [-0.4, -0.2) is 0 Å². The molecule has 5 aromatic carbocycles. The molecule has 0 heterocycles. The minimum atomic E-state index is 1.32. The predicted molar refractivity (Wildman–Crippen MR) is 106 cm³/mol. The van der Waals surface area contributed by atoms with Gasteiger partial charge in [0.25, 0.3) is 0 Å². The predicted octanol–water partition coefficient (Wildman–Crippen LogP) is 6.92. The highest BCUT2D eigenvalue weighted by molar-refractivity contribution is 6.28. The molecule has 0 fully saturated rings. The van der Waals surface area contributed by atoms with Gasteiger partial charge >= 0.3 is 0 Å². The average molecular weight is 306 g/mol. The van der Waals surface area contributed by atoms with Crippen LogP contribution >= 0.6 is 0 Å². The zero-order chi connectivity index (χ0) is 16.3. The van der Waals surface area contributed by atoms with Gasteiger partial charge in [-0.25, -0.2) is 0 Å². The Hall–Kier alpha value is -2.86. The molecule has 0 N–H and O–H groups in total. The van der Waals surface area contributed by atoms with Gasteiger partial charge < -0.3 is 0 Å². The lowest BCUT2D eigenvalue weighted by Gasteiger charge is -2.14. The summed E-state index contributed by atoms with van der Waals surface area (Å²) >= 11 is 0. The third-order valence-electron chi connectivity index (χ3n) is 5.26. The van der Waals surface area contributed by atoms with Crippen LogP contribution in [0.15, 0.2) is 72.8 Å². The maximum atomic E-state index is 2.31. The molecule has 0 spiro atoms. The maximum Gasteiger partial charge on any atom is -0.00178 e. The molecule has 0 saturated carbocycles. The van der Waals surface area contributed by atoms with Crippen molar-refractivity contribution < 1.29 is 0 Å². The standard InChI is InChI=1S/C24H18/c1-15-13-17-7-3-5-9-21(17)23-19(15)11-12-20-16(2)14-18-8-4-6-10-22(18)24(20)23/h3-14H,1-2H3. The first-order valence-corrected chi connectivity index (χ1v) is 8.47. The molecule has 0 atom stereocenters. The van der Waals surface area contributed by atoms with Crippen molar-refractivity contribution in [2.24, 2.45) is 0 Å². The molecule has 0 unspecified atom stereocenters. The van der Waals surface area contributed by atoms with Gasteiger partial charge in [-0.3, -0.25) is 0 Å². The van der Waals surface area contributed by atoms with E-state index in [2.05, 4.69) is 86.6 Å². The van der Waals surface area contributed by atoms with Gasteiger partial charge in [-0.05, 0) is 68.1 Å². The summed E-state index contributed by atoms with van der Waals surface area (Å²) in [6, 6.07) is 26.7. The highest BCUT2D eigenvalue weighted by Crippen LogP contribution is 2.39. The summed E-state index contributed by atoms with van der Waals surface area (Å²) < 4.78 is 0. The van der Waals surface area contributed by atoms with Crippen LogP contribution in [0.4, 0.5) is 0 Å². The minimum absolute atomic E-state index is 1.32. The maximum absolute atomic E-state index is 2.31. The third-order valence-corrected chi connectivity index (χ3v) is 5.26. The van der Waals surface area contributed by atoms with Gasteiger partial charge in [-0.1, -0.05) is 72.8 Å². The van der Waals surface area contributed by atoms with E-state index in [0.717, 1.165) is 0 Å². The third kappa shape index (κ3) is 1.74. The van der Waals surface area contributed by atoms with E-state index in [1.54, 1.807) is 0 Å². The lowest BCUT2D eigenvalue weighted by Crippen LogP contribution is -1.88. The topological polar surface area (TPSA) is 0 Å². The Bertz CT molecular complexity index is 1160. The highest BCUT2D eigenvalue weighted by Gasteiger charge is 2.12. The summed E-state index contributed by atoms with van der Waals surface area (Å²) in [7, 11) is 0. The largest absolute Gasteiger partial charge is 0.0616 e. The lowest BCUT2D eigenvalue weighted by molar-refractivity contribution is 1.54. The molecule has 0 aliphatic rings. The smallest absolute Gasteiger partial charge is 0.00178 e. The number of fused-ring (bicyclic) bond motifs is 7. The Kier molecular flexibility index (Phi) is 2.72. The zero-order valence-corrected chi connectivity index (χ0v) is 13.9. The van der Waals surface area contributed by atoms with Crippen LogP contribution in [0, 0.1) is 13.8 Å². The number of benzene rings is 5. The second-order valence-corrected chi connectivity index (χ2v) is 6.74. The molecule has 5 rings (SSSR count). The second kappa shape index (κ2) is 4.82. The zero-order valence-electron chi connectivity index (χ0n) is 13.9. The first-order chi connectivity index (χ1) is 11.7. The van der Waals surface area contributed by atoms with Gasteiger partial charge in [0, 0.05) is 0 Å². The summed E-state index contributed by atoms with van der Waals surface area (Å²) in [5.41, 5.74) is 2.69. The second-order valence-electron chi connectivity index (χ2n) is 6.74. The molecule has 0 aliphatic heterocycles. The summed E-state index contributed by atoms with van der Waals surface area (Å²) in [4.78, 5) is 0. The van der Waals surface area contributed by atoms with E-state index < -0.39 is 0 Å². The van der Waals surface area contributed by atoms with Crippen molar-refractivity contribution in [3.05, 3.63) is 83.9 Å². The molecule has 0 aromatic heterocycles. The Morgan fingerprint density at radius 3 is 1.33 bits per heavy atom. The van der Waals surface area contributed by atoms with Crippen LogP contribution in [0.25, 0.3) is 43.1 Å².